The molecule has 1 heterocycles. The van der Waals surface area contributed by atoms with Gasteiger partial charge in [-0.2, -0.15) is 0 Å². The molecule has 1 saturated heterocycles. The van der Waals surface area contributed by atoms with E-state index in [4.69, 9.17) is 16.2 Å². The van der Waals surface area contributed by atoms with Crippen molar-refractivity contribution in [1.29, 1.82) is 5.41 Å². The summed E-state index contributed by atoms with van der Waals surface area (Å²) in [5, 5.41) is 16.4. The van der Waals surface area contributed by atoms with Crippen LogP contribution in [0.3, 0.4) is 0 Å². The third kappa shape index (κ3) is 4.41. The SMILES string of the molecule is N=C(N)c1ccc(-c2ccc(C(C=O)N3CCC(CC(=O)O)C3)cc2)cc1. The zero-order valence-corrected chi connectivity index (χ0v) is 15.0. The Morgan fingerprint density at radius 3 is 2.30 bits per heavy atom. The second-order valence-electron chi connectivity index (χ2n) is 6.94. The van der Waals surface area contributed by atoms with Crippen LogP contribution in [-0.4, -0.2) is 41.2 Å². The van der Waals surface area contributed by atoms with Crippen molar-refractivity contribution in [2.45, 2.75) is 18.9 Å². The summed E-state index contributed by atoms with van der Waals surface area (Å²) in [6, 6.07) is 14.9. The Morgan fingerprint density at radius 2 is 1.78 bits per heavy atom. The summed E-state index contributed by atoms with van der Waals surface area (Å²) in [5.74, 6) is -0.647. The number of aliphatic carboxylic acids is 1. The van der Waals surface area contributed by atoms with Crippen LogP contribution < -0.4 is 5.73 Å². The molecule has 0 saturated carbocycles. The molecule has 0 aromatic heterocycles. The molecule has 2 atom stereocenters. The number of carboxylic acid groups (broad SMARTS) is 1. The van der Waals surface area contributed by atoms with Crippen molar-refractivity contribution in [2.24, 2.45) is 11.7 Å². The highest BCUT2D eigenvalue weighted by Crippen LogP contribution is 2.29. The molecule has 0 bridgehead atoms. The van der Waals surface area contributed by atoms with Crippen molar-refractivity contribution in [3.63, 3.8) is 0 Å². The number of carboxylic acids is 1. The van der Waals surface area contributed by atoms with Gasteiger partial charge in [-0.05, 0) is 35.6 Å². The maximum atomic E-state index is 11.7. The number of aldehydes is 1. The highest BCUT2D eigenvalue weighted by molar-refractivity contribution is 5.95. The van der Waals surface area contributed by atoms with Gasteiger partial charge in [-0.25, -0.2) is 0 Å². The number of hydrogen-bond donors (Lipinski definition) is 3. The summed E-state index contributed by atoms with van der Waals surface area (Å²) in [4.78, 5) is 24.6. The van der Waals surface area contributed by atoms with E-state index >= 15 is 0 Å². The number of benzene rings is 2. The van der Waals surface area contributed by atoms with Crippen molar-refractivity contribution in [2.75, 3.05) is 13.1 Å². The minimum absolute atomic E-state index is 0.0394. The van der Waals surface area contributed by atoms with E-state index in [2.05, 4.69) is 4.90 Å². The van der Waals surface area contributed by atoms with Gasteiger partial charge in [0, 0.05) is 18.5 Å². The van der Waals surface area contributed by atoms with Crippen LogP contribution in [-0.2, 0) is 9.59 Å². The standard InChI is InChI=1S/C21H23N3O3/c22-21(23)18-7-3-16(4-8-18)15-1-5-17(6-2-15)19(13-25)24-10-9-14(12-24)11-20(26)27/h1-8,13-14,19H,9-12H2,(H3,22,23)(H,26,27). The monoisotopic (exact) mass is 365 g/mol. The fourth-order valence-corrected chi connectivity index (χ4v) is 3.62. The molecule has 1 aliphatic heterocycles. The highest BCUT2D eigenvalue weighted by Gasteiger charge is 2.30. The Kier molecular flexibility index (Phi) is 5.66. The summed E-state index contributed by atoms with van der Waals surface area (Å²) in [6.07, 6.45) is 1.88. The molecule has 0 radical (unpaired) electrons. The number of nitrogens with zero attached hydrogens (tertiary/aromatic N) is 1. The summed E-state index contributed by atoms with van der Waals surface area (Å²) in [6.45, 7) is 1.36. The first-order chi connectivity index (χ1) is 13.0. The molecule has 0 aliphatic carbocycles. The summed E-state index contributed by atoms with van der Waals surface area (Å²) < 4.78 is 0. The number of nitrogens with one attached hydrogen (secondary N) is 1. The number of rotatable bonds is 7. The maximum absolute atomic E-state index is 11.7. The molecule has 6 nitrogen and oxygen atoms in total. The molecule has 27 heavy (non-hydrogen) atoms. The largest absolute Gasteiger partial charge is 0.481 e. The smallest absolute Gasteiger partial charge is 0.303 e. The van der Waals surface area contributed by atoms with Gasteiger partial charge < -0.3 is 15.6 Å². The number of nitrogen functional groups attached to an aromatic ring is 1. The zero-order chi connectivity index (χ0) is 19.4. The number of nitrogens with two attached hydrogens (primary N) is 1. The third-order valence-electron chi connectivity index (χ3n) is 5.08. The normalized spacial score (nSPS) is 18.1. The number of amidine groups is 1. The van der Waals surface area contributed by atoms with E-state index in [9.17, 15) is 9.59 Å². The Morgan fingerprint density at radius 1 is 1.19 bits per heavy atom. The van der Waals surface area contributed by atoms with Crippen molar-refractivity contribution < 1.29 is 14.7 Å². The molecule has 0 spiro atoms. The van der Waals surface area contributed by atoms with E-state index in [1.54, 1.807) is 0 Å². The molecule has 2 unspecified atom stereocenters. The summed E-state index contributed by atoms with van der Waals surface area (Å²) >= 11 is 0. The van der Waals surface area contributed by atoms with Gasteiger partial charge in [-0.15, -0.1) is 0 Å². The van der Waals surface area contributed by atoms with E-state index in [1.807, 2.05) is 48.5 Å². The van der Waals surface area contributed by atoms with E-state index < -0.39 is 5.97 Å². The Bertz CT molecular complexity index is 831. The second-order valence-corrected chi connectivity index (χ2v) is 6.94. The molecule has 0 amide bonds. The van der Waals surface area contributed by atoms with Gasteiger partial charge in [0.15, 0.2) is 0 Å². The fraction of sp³-hybridized carbons (Fsp3) is 0.286. The first-order valence-corrected chi connectivity index (χ1v) is 8.94. The first-order valence-electron chi connectivity index (χ1n) is 8.94. The van der Waals surface area contributed by atoms with E-state index in [0.717, 1.165) is 35.9 Å². The molecule has 1 aliphatic rings. The Balaban J connectivity index is 1.72. The molecule has 1 fully saturated rings. The lowest BCUT2D eigenvalue weighted by atomic mass is 9.99. The fourth-order valence-electron chi connectivity index (χ4n) is 3.62. The van der Waals surface area contributed by atoms with Crippen LogP contribution in [0.5, 0.6) is 0 Å². The zero-order valence-electron chi connectivity index (χ0n) is 15.0. The van der Waals surface area contributed by atoms with Crippen LogP contribution in [0.2, 0.25) is 0 Å². The average Bonchev–Trinajstić information content (AvgIpc) is 3.10. The maximum Gasteiger partial charge on any atom is 0.303 e. The van der Waals surface area contributed by atoms with Gasteiger partial charge in [0.05, 0.1) is 6.04 Å². The van der Waals surface area contributed by atoms with Gasteiger partial charge >= 0.3 is 5.97 Å². The number of likely N-dealkylation sites (tertiary alicyclic amines) is 1. The lowest BCUT2D eigenvalue weighted by Gasteiger charge is -2.23. The van der Waals surface area contributed by atoms with Gasteiger partial charge in [-0.1, -0.05) is 48.5 Å². The van der Waals surface area contributed by atoms with Crippen LogP contribution >= 0.6 is 0 Å². The van der Waals surface area contributed by atoms with Crippen LogP contribution in [0.4, 0.5) is 0 Å². The van der Waals surface area contributed by atoms with Crippen molar-refractivity contribution in [1.82, 2.24) is 4.90 Å². The molecule has 140 valence electrons. The number of hydrogen-bond acceptors (Lipinski definition) is 4. The number of carbonyl (C=O) groups excluding carboxylic acids is 1. The quantitative estimate of drug-likeness (QED) is 0.397. The van der Waals surface area contributed by atoms with Crippen LogP contribution in [0.15, 0.2) is 48.5 Å². The summed E-state index contributed by atoms with van der Waals surface area (Å²) in [5.41, 5.74) is 9.10. The van der Waals surface area contributed by atoms with Gasteiger partial charge in [-0.3, -0.25) is 15.1 Å². The molecule has 4 N–H and O–H groups in total. The minimum atomic E-state index is -0.787. The molecular formula is C21H23N3O3. The topological polar surface area (TPSA) is 107 Å². The highest BCUT2D eigenvalue weighted by atomic mass is 16.4. The Hall–Kier alpha value is -2.99. The van der Waals surface area contributed by atoms with E-state index in [-0.39, 0.29) is 24.2 Å². The van der Waals surface area contributed by atoms with Crippen molar-refractivity contribution in [3.8, 4) is 11.1 Å². The molecule has 2 aromatic carbocycles. The lowest BCUT2D eigenvalue weighted by molar-refractivity contribution is -0.138. The van der Waals surface area contributed by atoms with Gasteiger partial charge in [0.25, 0.3) is 0 Å². The summed E-state index contributed by atoms with van der Waals surface area (Å²) in [7, 11) is 0. The van der Waals surface area contributed by atoms with Gasteiger partial charge in [0.2, 0.25) is 0 Å². The van der Waals surface area contributed by atoms with Crippen LogP contribution in [0, 0.1) is 11.3 Å². The molecule has 6 heteroatoms. The van der Waals surface area contributed by atoms with Gasteiger partial charge in [0.1, 0.15) is 12.1 Å². The lowest BCUT2D eigenvalue weighted by Crippen LogP contribution is -2.28. The van der Waals surface area contributed by atoms with Crippen LogP contribution in [0.1, 0.15) is 30.0 Å². The molecule has 3 rings (SSSR count). The molecule has 2 aromatic rings. The van der Waals surface area contributed by atoms with Crippen LogP contribution in [0.25, 0.3) is 11.1 Å². The van der Waals surface area contributed by atoms with Crippen molar-refractivity contribution in [3.05, 3.63) is 59.7 Å². The minimum Gasteiger partial charge on any atom is -0.481 e. The van der Waals surface area contributed by atoms with E-state index in [1.165, 1.54) is 0 Å². The van der Waals surface area contributed by atoms with Crippen molar-refractivity contribution >= 4 is 18.1 Å². The Labute approximate surface area is 158 Å². The average molecular weight is 365 g/mol. The second kappa shape index (κ2) is 8.14. The molecular weight excluding hydrogens is 342 g/mol. The predicted molar refractivity (Wildman–Crippen MR) is 104 cm³/mol. The predicted octanol–water partition coefficient (Wildman–Crippen LogP) is 2.67. The number of carbonyl (C=O) groups is 2. The third-order valence-corrected chi connectivity index (χ3v) is 5.08. The van der Waals surface area contributed by atoms with E-state index in [0.29, 0.717) is 12.1 Å². The first kappa shape index (κ1) is 18.8.